The first-order valence-electron chi connectivity index (χ1n) is 6.79. The van der Waals surface area contributed by atoms with Crippen molar-refractivity contribution in [2.75, 3.05) is 0 Å². The summed E-state index contributed by atoms with van der Waals surface area (Å²) in [6, 6.07) is 8.70. The molecule has 0 aliphatic heterocycles. The second kappa shape index (κ2) is 5.00. The Hall–Kier alpha value is -2.14. The largest absolute Gasteiger partial charge is 0.388 e. The summed E-state index contributed by atoms with van der Waals surface area (Å²) >= 11 is 0. The number of hydrogen-bond donors (Lipinski definition) is 3. The number of rotatable bonds is 3. The lowest BCUT2D eigenvalue weighted by atomic mass is 9.86. The van der Waals surface area contributed by atoms with Crippen molar-refractivity contribution in [1.82, 2.24) is 10.3 Å². The van der Waals surface area contributed by atoms with E-state index in [2.05, 4.69) is 10.3 Å². The average Bonchev–Trinajstić information content (AvgIpc) is 2.36. The van der Waals surface area contributed by atoms with Gasteiger partial charge in [-0.05, 0) is 45.2 Å². The lowest BCUT2D eigenvalue weighted by Crippen LogP contribution is -2.57. The standard InChI is InChI=1S/C16H20N2O3/c1-15(2,16(3,4)21)18-14(20)12-9-10-7-5-6-8-11(10)13(19)17-12/h5-9,21H,1-4H3,(H,17,19)(H,18,20). The highest BCUT2D eigenvalue weighted by Gasteiger charge is 2.36. The summed E-state index contributed by atoms with van der Waals surface area (Å²) in [6.45, 7) is 6.70. The van der Waals surface area contributed by atoms with Crippen LogP contribution in [0.15, 0.2) is 35.1 Å². The Morgan fingerprint density at radius 1 is 1.19 bits per heavy atom. The quantitative estimate of drug-likeness (QED) is 0.805. The van der Waals surface area contributed by atoms with Crippen LogP contribution >= 0.6 is 0 Å². The molecule has 0 spiro atoms. The molecule has 0 saturated carbocycles. The molecule has 0 atom stereocenters. The zero-order valence-electron chi connectivity index (χ0n) is 12.7. The molecular weight excluding hydrogens is 268 g/mol. The predicted molar refractivity (Wildman–Crippen MR) is 82.4 cm³/mol. The van der Waals surface area contributed by atoms with E-state index in [9.17, 15) is 14.7 Å². The number of nitrogens with one attached hydrogen (secondary N) is 2. The first-order valence-corrected chi connectivity index (χ1v) is 6.79. The van der Waals surface area contributed by atoms with E-state index in [4.69, 9.17) is 0 Å². The second-order valence-electron chi connectivity index (χ2n) is 6.24. The molecule has 1 heterocycles. The minimum atomic E-state index is -1.10. The third kappa shape index (κ3) is 2.97. The average molecular weight is 288 g/mol. The van der Waals surface area contributed by atoms with Crippen LogP contribution in [0.2, 0.25) is 0 Å². The number of aliphatic hydroxyl groups is 1. The maximum absolute atomic E-state index is 12.3. The van der Waals surface area contributed by atoms with Crippen molar-refractivity contribution in [3.63, 3.8) is 0 Å². The summed E-state index contributed by atoms with van der Waals surface area (Å²) in [7, 11) is 0. The topological polar surface area (TPSA) is 82.2 Å². The number of carbonyl (C=O) groups is 1. The fraction of sp³-hybridized carbons (Fsp3) is 0.375. The molecule has 2 aromatic rings. The number of benzene rings is 1. The van der Waals surface area contributed by atoms with Crippen LogP contribution in [0.25, 0.3) is 10.8 Å². The minimum absolute atomic E-state index is 0.177. The van der Waals surface area contributed by atoms with Crippen LogP contribution in [0.1, 0.15) is 38.2 Å². The summed E-state index contributed by atoms with van der Waals surface area (Å²) in [5, 5.41) is 14.1. The zero-order chi connectivity index (χ0) is 15.8. The van der Waals surface area contributed by atoms with Crippen molar-refractivity contribution in [1.29, 1.82) is 0 Å². The SMILES string of the molecule is CC(C)(O)C(C)(C)NC(=O)c1cc2ccccc2c(=O)[nH]1. The van der Waals surface area contributed by atoms with Gasteiger partial charge in [-0.2, -0.15) is 0 Å². The Balaban J connectivity index is 2.39. The predicted octanol–water partition coefficient (Wildman–Crippen LogP) is 1.81. The van der Waals surface area contributed by atoms with Gasteiger partial charge >= 0.3 is 0 Å². The van der Waals surface area contributed by atoms with E-state index in [0.29, 0.717) is 10.8 Å². The Morgan fingerprint density at radius 2 is 1.81 bits per heavy atom. The molecule has 3 N–H and O–H groups in total. The highest BCUT2D eigenvalue weighted by atomic mass is 16.3. The van der Waals surface area contributed by atoms with E-state index >= 15 is 0 Å². The fourth-order valence-electron chi connectivity index (χ4n) is 1.84. The van der Waals surface area contributed by atoms with Gasteiger partial charge in [0.2, 0.25) is 0 Å². The van der Waals surface area contributed by atoms with Gasteiger partial charge in [0.05, 0.1) is 11.1 Å². The molecule has 0 bridgehead atoms. The molecule has 5 heteroatoms. The van der Waals surface area contributed by atoms with Crippen molar-refractivity contribution in [3.8, 4) is 0 Å². The van der Waals surface area contributed by atoms with Gasteiger partial charge in [0.15, 0.2) is 0 Å². The lowest BCUT2D eigenvalue weighted by molar-refractivity contribution is -0.00302. The minimum Gasteiger partial charge on any atom is -0.388 e. The lowest BCUT2D eigenvalue weighted by Gasteiger charge is -2.37. The van der Waals surface area contributed by atoms with Gasteiger partial charge in [-0.15, -0.1) is 0 Å². The summed E-state index contributed by atoms with van der Waals surface area (Å²) < 4.78 is 0. The number of aromatic amines is 1. The highest BCUT2D eigenvalue weighted by molar-refractivity contribution is 5.96. The molecule has 2 rings (SSSR count). The molecule has 5 nitrogen and oxygen atoms in total. The second-order valence-corrected chi connectivity index (χ2v) is 6.24. The third-order valence-corrected chi connectivity index (χ3v) is 3.95. The smallest absolute Gasteiger partial charge is 0.268 e. The van der Waals surface area contributed by atoms with Crippen molar-refractivity contribution >= 4 is 16.7 Å². The molecule has 0 saturated heterocycles. The Labute approximate surface area is 123 Å². The van der Waals surface area contributed by atoms with Crippen LogP contribution in [0.5, 0.6) is 0 Å². The number of pyridine rings is 1. The Kier molecular flexibility index (Phi) is 3.63. The summed E-state index contributed by atoms with van der Waals surface area (Å²) in [5.74, 6) is -0.426. The van der Waals surface area contributed by atoms with Gasteiger partial charge in [0.1, 0.15) is 5.69 Å². The summed E-state index contributed by atoms with van der Waals surface area (Å²) in [5.41, 5.74) is -2.07. The van der Waals surface area contributed by atoms with E-state index in [-0.39, 0.29) is 11.3 Å². The molecule has 112 valence electrons. The summed E-state index contributed by atoms with van der Waals surface area (Å²) in [6.07, 6.45) is 0. The molecule has 21 heavy (non-hydrogen) atoms. The Bertz CT molecular complexity index is 739. The van der Waals surface area contributed by atoms with Crippen LogP contribution in [0.4, 0.5) is 0 Å². The van der Waals surface area contributed by atoms with Gasteiger partial charge in [-0.25, -0.2) is 0 Å². The molecule has 1 aromatic heterocycles. The monoisotopic (exact) mass is 288 g/mol. The summed E-state index contributed by atoms with van der Waals surface area (Å²) in [4.78, 5) is 26.9. The van der Waals surface area contributed by atoms with Gasteiger partial charge in [0.25, 0.3) is 11.5 Å². The molecule has 0 aliphatic carbocycles. The van der Waals surface area contributed by atoms with E-state index < -0.39 is 17.0 Å². The van der Waals surface area contributed by atoms with Crippen LogP contribution < -0.4 is 10.9 Å². The molecule has 0 aliphatic rings. The molecular formula is C16H20N2O3. The maximum Gasteiger partial charge on any atom is 0.268 e. The van der Waals surface area contributed by atoms with Crippen molar-refractivity contribution in [2.24, 2.45) is 0 Å². The number of fused-ring (bicyclic) bond motifs is 1. The maximum atomic E-state index is 12.3. The van der Waals surface area contributed by atoms with E-state index in [0.717, 1.165) is 0 Å². The molecule has 0 fully saturated rings. The van der Waals surface area contributed by atoms with Crippen molar-refractivity contribution in [2.45, 2.75) is 38.8 Å². The molecule has 1 amide bonds. The number of H-pyrrole nitrogens is 1. The van der Waals surface area contributed by atoms with Crippen LogP contribution in [-0.2, 0) is 0 Å². The normalized spacial score (nSPS) is 12.4. The fourth-order valence-corrected chi connectivity index (χ4v) is 1.84. The van der Waals surface area contributed by atoms with Crippen molar-refractivity contribution in [3.05, 3.63) is 46.4 Å². The van der Waals surface area contributed by atoms with Gasteiger partial charge in [0, 0.05) is 5.39 Å². The molecule has 0 radical (unpaired) electrons. The van der Waals surface area contributed by atoms with Crippen LogP contribution in [0.3, 0.4) is 0 Å². The van der Waals surface area contributed by atoms with Gasteiger partial charge < -0.3 is 15.4 Å². The highest BCUT2D eigenvalue weighted by Crippen LogP contribution is 2.21. The number of hydrogen-bond acceptors (Lipinski definition) is 3. The number of amides is 1. The number of aromatic nitrogens is 1. The van der Waals surface area contributed by atoms with E-state index in [1.54, 1.807) is 52.0 Å². The number of carbonyl (C=O) groups excluding carboxylic acids is 1. The van der Waals surface area contributed by atoms with Crippen LogP contribution in [0, 0.1) is 0 Å². The first-order chi connectivity index (χ1) is 9.62. The molecule has 1 aromatic carbocycles. The van der Waals surface area contributed by atoms with E-state index in [1.165, 1.54) is 0 Å². The van der Waals surface area contributed by atoms with Crippen molar-refractivity contribution < 1.29 is 9.90 Å². The third-order valence-electron chi connectivity index (χ3n) is 3.95. The van der Waals surface area contributed by atoms with Gasteiger partial charge in [-0.1, -0.05) is 18.2 Å². The zero-order valence-corrected chi connectivity index (χ0v) is 12.7. The van der Waals surface area contributed by atoms with Crippen LogP contribution in [-0.4, -0.2) is 27.1 Å². The molecule has 0 unspecified atom stereocenters. The van der Waals surface area contributed by atoms with Gasteiger partial charge in [-0.3, -0.25) is 9.59 Å². The Morgan fingerprint density at radius 3 is 2.43 bits per heavy atom. The first kappa shape index (κ1) is 15.3. The van der Waals surface area contributed by atoms with E-state index in [1.807, 2.05) is 6.07 Å².